The molecule has 1 saturated heterocycles. The van der Waals surface area contributed by atoms with Gasteiger partial charge in [-0.15, -0.1) is 23.1 Å². The first-order valence-electron chi connectivity index (χ1n) is 16.3. The molecule has 1 aromatic heterocycles. The van der Waals surface area contributed by atoms with Crippen LogP contribution >= 0.6 is 23.1 Å². The molecule has 8 atom stereocenters. The number of fused-ring (bicyclic) bond motifs is 6. The smallest absolute Gasteiger partial charge is 0.271 e. The van der Waals surface area contributed by atoms with Gasteiger partial charge in [0.15, 0.2) is 6.04 Å². The number of ether oxygens (including phenoxy) is 1. The van der Waals surface area contributed by atoms with E-state index in [-0.39, 0.29) is 41.8 Å². The van der Waals surface area contributed by atoms with Crippen LogP contribution in [0.4, 0.5) is 0 Å². The third-order valence-corrected chi connectivity index (χ3v) is 11.4. The van der Waals surface area contributed by atoms with E-state index in [4.69, 9.17) is 14.7 Å². The van der Waals surface area contributed by atoms with Crippen LogP contribution in [0.3, 0.4) is 0 Å². The lowest BCUT2D eigenvalue weighted by molar-refractivity contribution is -0.133. The number of nitrogens with zero attached hydrogens (tertiary/aromatic N) is 4. The first kappa shape index (κ1) is 33.1. The third-order valence-electron chi connectivity index (χ3n) is 9.23. The second-order valence-corrected chi connectivity index (χ2v) is 14.5. The summed E-state index contributed by atoms with van der Waals surface area (Å²) >= 11 is 2.75. The molecule has 250 valence electrons. The Morgan fingerprint density at radius 1 is 1.04 bits per heavy atom. The minimum Gasteiger partial charge on any atom is -0.474 e. The van der Waals surface area contributed by atoms with E-state index in [1.807, 2.05) is 44.2 Å². The topological polar surface area (TPSA) is 154 Å². The number of nitrogens with one attached hydrogen (secondary N) is 3. The quantitative estimate of drug-likeness (QED) is 0.449. The molecule has 1 aromatic carbocycles. The molecule has 47 heavy (non-hydrogen) atoms. The first-order valence-corrected chi connectivity index (χ1v) is 18.2. The molecule has 0 saturated carbocycles. The molecule has 2 aromatic rings. The molecule has 4 amide bonds. The number of amides is 4. The van der Waals surface area contributed by atoms with E-state index < -0.39 is 42.2 Å². The van der Waals surface area contributed by atoms with Gasteiger partial charge in [-0.2, -0.15) is 0 Å². The number of rotatable bonds is 4. The Bertz CT molecular complexity index is 1580. The second kappa shape index (κ2) is 14.1. The van der Waals surface area contributed by atoms with E-state index in [1.165, 1.54) is 23.1 Å². The van der Waals surface area contributed by atoms with Gasteiger partial charge in [-0.1, -0.05) is 50.6 Å². The Kier molecular flexibility index (Phi) is 9.97. The summed E-state index contributed by atoms with van der Waals surface area (Å²) in [6, 6.07) is 5.96. The summed E-state index contributed by atoms with van der Waals surface area (Å²) in [5.74, 6) is -0.360. The van der Waals surface area contributed by atoms with Crippen LogP contribution in [-0.2, 0) is 25.5 Å². The molecule has 14 heteroatoms. The molecule has 3 N–H and O–H groups in total. The van der Waals surface area contributed by atoms with Crippen LogP contribution in [0, 0.1) is 5.92 Å². The Hall–Kier alpha value is -3.78. The number of benzene rings is 1. The summed E-state index contributed by atoms with van der Waals surface area (Å²) in [5, 5.41) is 12.0. The molecule has 5 heterocycles. The Morgan fingerprint density at radius 3 is 2.60 bits per heavy atom. The predicted octanol–water partition coefficient (Wildman–Crippen LogP) is 2.90. The maximum Gasteiger partial charge on any atom is 0.271 e. The van der Waals surface area contributed by atoms with Crippen LogP contribution < -0.4 is 16.0 Å². The SMILES string of the molecule is CC[C@@H](C)[C@H]1NC(=O)[C@H]2N=C(O[C@@H]2C)[C@@H]2CCCN2C(=O)[C@H](Cc2ccccc2)NC(=O)c2csc(n2)[C@H](C)NC(=O)[C@@H]2CSC1=N2. The number of hydrogen-bond donors (Lipinski definition) is 3. The standard InChI is InChI=1S/C33H41N7O5S2/c1-5-17(2)25-32-37-22(16-47-32)27(41)34-18(3)31-36-23(15-46-31)28(42)35-21(14-20-10-7-6-8-11-20)33(44)40-13-9-12-24(40)30-39-26(19(4)45-30)29(43)38-25/h6-8,10-11,15,17-19,21-22,24-26H,5,9,12-14,16H2,1-4H3,(H,34,41)(H,35,42)(H,38,43)/t17-,18+,19-,21+,22+,24+,25-,26+/m1/s1. The lowest BCUT2D eigenvalue weighted by Crippen LogP contribution is -2.52. The van der Waals surface area contributed by atoms with Crippen LogP contribution in [0.5, 0.6) is 0 Å². The van der Waals surface area contributed by atoms with Crippen molar-refractivity contribution in [2.24, 2.45) is 15.9 Å². The van der Waals surface area contributed by atoms with E-state index >= 15 is 0 Å². The van der Waals surface area contributed by atoms with E-state index in [0.717, 1.165) is 18.4 Å². The van der Waals surface area contributed by atoms with Gasteiger partial charge >= 0.3 is 0 Å². The highest BCUT2D eigenvalue weighted by Crippen LogP contribution is 2.29. The van der Waals surface area contributed by atoms with Gasteiger partial charge in [-0.3, -0.25) is 24.2 Å². The average Bonchev–Trinajstić information content (AvgIpc) is 3.89. The van der Waals surface area contributed by atoms with E-state index in [1.54, 1.807) is 10.3 Å². The van der Waals surface area contributed by atoms with Gasteiger partial charge in [0.25, 0.3) is 5.91 Å². The largest absolute Gasteiger partial charge is 0.474 e. The lowest BCUT2D eigenvalue weighted by Gasteiger charge is -2.29. The van der Waals surface area contributed by atoms with Crippen molar-refractivity contribution >= 4 is 57.7 Å². The number of carbonyl (C=O) groups is 4. The zero-order chi connectivity index (χ0) is 33.2. The summed E-state index contributed by atoms with van der Waals surface area (Å²) in [4.78, 5) is 70.6. The third kappa shape index (κ3) is 7.08. The van der Waals surface area contributed by atoms with Gasteiger partial charge in [0.05, 0.1) is 17.1 Å². The van der Waals surface area contributed by atoms with Crippen molar-refractivity contribution in [3.8, 4) is 0 Å². The van der Waals surface area contributed by atoms with Crippen molar-refractivity contribution in [3.05, 3.63) is 52.0 Å². The minimum atomic E-state index is -0.872. The van der Waals surface area contributed by atoms with Crippen molar-refractivity contribution in [2.75, 3.05) is 12.3 Å². The molecule has 6 rings (SSSR count). The highest BCUT2D eigenvalue weighted by atomic mass is 32.2. The van der Waals surface area contributed by atoms with Crippen LogP contribution in [0.25, 0.3) is 0 Å². The summed E-state index contributed by atoms with van der Waals surface area (Å²) in [6.07, 6.45) is 1.92. The number of aromatic nitrogens is 1. The first-order chi connectivity index (χ1) is 22.6. The van der Waals surface area contributed by atoms with Crippen molar-refractivity contribution in [2.45, 2.75) is 95.7 Å². The van der Waals surface area contributed by atoms with Gasteiger partial charge in [0.2, 0.25) is 23.6 Å². The molecule has 1 fully saturated rings. The van der Waals surface area contributed by atoms with Gasteiger partial charge in [0.1, 0.15) is 34.9 Å². The summed E-state index contributed by atoms with van der Waals surface area (Å²) in [7, 11) is 0. The van der Waals surface area contributed by atoms with Crippen LogP contribution in [0.1, 0.15) is 74.1 Å². The van der Waals surface area contributed by atoms with Crippen molar-refractivity contribution in [1.82, 2.24) is 25.8 Å². The average molecular weight is 680 g/mol. The van der Waals surface area contributed by atoms with Crippen molar-refractivity contribution < 1.29 is 23.9 Å². The van der Waals surface area contributed by atoms with Crippen molar-refractivity contribution in [1.29, 1.82) is 0 Å². The Morgan fingerprint density at radius 2 is 1.83 bits per heavy atom. The highest BCUT2D eigenvalue weighted by molar-refractivity contribution is 8.14. The number of thiazole rings is 1. The molecule has 0 aliphatic carbocycles. The Labute approximate surface area is 282 Å². The van der Waals surface area contributed by atoms with Crippen molar-refractivity contribution in [3.63, 3.8) is 0 Å². The Balaban J connectivity index is 1.35. The lowest BCUT2D eigenvalue weighted by atomic mass is 9.99. The fourth-order valence-corrected chi connectivity index (χ4v) is 8.35. The molecule has 4 aliphatic heterocycles. The summed E-state index contributed by atoms with van der Waals surface area (Å²) in [5.41, 5.74) is 1.08. The normalized spacial score (nSPS) is 30.6. The number of aliphatic imine (C=N–C) groups is 2. The molecule has 0 radical (unpaired) electrons. The number of hydrogen-bond acceptors (Lipinski definition) is 10. The number of thioether (sulfide) groups is 1. The maximum atomic E-state index is 14.2. The van der Waals surface area contributed by atoms with Gasteiger partial charge in [-0.05, 0) is 38.2 Å². The maximum absolute atomic E-state index is 14.2. The molecule has 0 spiro atoms. The molecular formula is C33H41N7O5S2. The molecule has 6 bridgehead atoms. The highest BCUT2D eigenvalue weighted by Gasteiger charge is 2.44. The minimum absolute atomic E-state index is 0.0666. The monoisotopic (exact) mass is 679 g/mol. The van der Waals surface area contributed by atoms with Crippen LogP contribution in [0.2, 0.25) is 0 Å². The van der Waals surface area contributed by atoms with E-state index in [9.17, 15) is 19.2 Å². The molecule has 0 unspecified atom stereocenters. The van der Waals surface area contributed by atoms with Crippen LogP contribution in [-0.4, -0.2) is 93.1 Å². The van der Waals surface area contributed by atoms with E-state index in [0.29, 0.717) is 34.7 Å². The molecule has 12 nitrogen and oxygen atoms in total. The zero-order valence-corrected chi connectivity index (χ0v) is 28.6. The zero-order valence-electron chi connectivity index (χ0n) is 27.0. The van der Waals surface area contributed by atoms with E-state index in [2.05, 4.69) is 34.8 Å². The van der Waals surface area contributed by atoms with Crippen LogP contribution in [0.15, 0.2) is 45.7 Å². The molecule has 4 aliphatic rings. The van der Waals surface area contributed by atoms with Gasteiger partial charge in [-0.25, -0.2) is 9.98 Å². The summed E-state index contributed by atoms with van der Waals surface area (Å²) < 4.78 is 6.18. The fourth-order valence-electron chi connectivity index (χ4n) is 6.31. The number of carbonyl (C=O) groups excluding carboxylic acids is 4. The van der Waals surface area contributed by atoms with Gasteiger partial charge < -0.3 is 25.6 Å². The summed E-state index contributed by atoms with van der Waals surface area (Å²) in [6.45, 7) is 8.21. The van der Waals surface area contributed by atoms with Gasteiger partial charge in [0, 0.05) is 24.1 Å². The second-order valence-electron chi connectivity index (χ2n) is 12.6. The predicted molar refractivity (Wildman–Crippen MR) is 182 cm³/mol. The fraction of sp³-hybridized carbons (Fsp3) is 0.545. The molecular weight excluding hydrogens is 639 g/mol.